The molecule has 1 aliphatic heterocycles. The van der Waals surface area contributed by atoms with E-state index in [9.17, 15) is 4.79 Å². The molecular weight excluding hydrogens is 360 g/mol. The lowest BCUT2D eigenvalue weighted by Crippen LogP contribution is -2.23. The Morgan fingerprint density at radius 2 is 1.55 bits per heavy atom. The van der Waals surface area contributed by atoms with Gasteiger partial charge in [-0.3, -0.25) is 9.69 Å². The SMILES string of the molecule is Cc1nccn1Cc1ccc(C(=O)NCc2ccc(CN3CCCC3)cc2)cc1. The van der Waals surface area contributed by atoms with Gasteiger partial charge in [0.1, 0.15) is 5.82 Å². The molecule has 4 rings (SSSR count). The first kappa shape index (κ1) is 19.4. The van der Waals surface area contributed by atoms with Crippen LogP contribution in [0.3, 0.4) is 0 Å². The monoisotopic (exact) mass is 388 g/mol. The average Bonchev–Trinajstić information content (AvgIpc) is 3.40. The maximum Gasteiger partial charge on any atom is 0.251 e. The molecule has 2 heterocycles. The van der Waals surface area contributed by atoms with Gasteiger partial charge in [0.25, 0.3) is 5.91 Å². The van der Waals surface area contributed by atoms with Crippen LogP contribution in [0, 0.1) is 6.92 Å². The fraction of sp³-hybridized carbons (Fsp3) is 0.333. The molecule has 2 aromatic carbocycles. The summed E-state index contributed by atoms with van der Waals surface area (Å²) in [5, 5.41) is 3.02. The summed E-state index contributed by atoms with van der Waals surface area (Å²) in [6.45, 7) is 6.73. The average molecular weight is 389 g/mol. The number of nitrogens with one attached hydrogen (secondary N) is 1. The van der Waals surface area contributed by atoms with Crippen molar-refractivity contribution >= 4 is 5.91 Å². The van der Waals surface area contributed by atoms with Gasteiger partial charge < -0.3 is 9.88 Å². The van der Waals surface area contributed by atoms with Crippen molar-refractivity contribution in [2.75, 3.05) is 13.1 Å². The number of likely N-dealkylation sites (tertiary alicyclic amines) is 1. The van der Waals surface area contributed by atoms with Crippen molar-refractivity contribution < 1.29 is 4.79 Å². The molecule has 1 saturated heterocycles. The van der Waals surface area contributed by atoms with Gasteiger partial charge in [0.15, 0.2) is 0 Å². The quantitative estimate of drug-likeness (QED) is 0.670. The van der Waals surface area contributed by atoms with Crippen LogP contribution < -0.4 is 5.32 Å². The van der Waals surface area contributed by atoms with Crippen LogP contribution in [0.2, 0.25) is 0 Å². The maximum atomic E-state index is 12.5. The lowest BCUT2D eigenvalue weighted by atomic mass is 10.1. The van der Waals surface area contributed by atoms with Crippen LogP contribution in [-0.4, -0.2) is 33.4 Å². The molecule has 3 aromatic rings. The Hall–Kier alpha value is -2.92. The van der Waals surface area contributed by atoms with Crippen molar-refractivity contribution in [2.24, 2.45) is 0 Å². The molecule has 150 valence electrons. The first-order valence-electron chi connectivity index (χ1n) is 10.3. The summed E-state index contributed by atoms with van der Waals surface area (Å²) in [5.41, 5.74) is 4.29. The van der Waals surface area contributed by atoms with Crippen LogP contribution in [0.4, 0.5) is 0 Å². The number of aryl methyl sites for hydroxylation is 1. The number of amides is 1. The van der Waals surface area contributed by atoms with Crippen molar-refractivity contribution in [1.29, 1.82) is 0 Å². The van der Waals surface area contributed by atoms with Gasteiger partial charge in [-0.1, -0.05) is 36.4 Å². The Morgan fingerprint density at radius 3 is 2.21 bits per heavy atom. The molecule has 1 aliphatic rings. The van der Waals surface area contributed by atoms with E-state index in [0.717, 1.165) is 30.0 Å². The first-order valence-corrected chi connectivity index (χ1v) is 10.3. The number of carbonyl (C=O) groups excluding carboxylic acids is 1. The molecular formula is C24H28N4O. The predicted octanol–water partition coefficient (Wildman–Crippen LogP) is 3.77. The molecule has 5 nitrogen and oxygen atoms in total. The predicted molar refractivity (Wildman–Crippen MR) is 115 cm³/mol. The fourth-order valence-electron chi connectivity index (χ4n) is 3.77. The van der Waals surface area contributed by atoms with Gasteiger partial charge in [-0.15, -0.1) is 0 Å². The molecule has 0 spiro atoms. The molecule has 0 atom stereocenters. The van der Waals surface area contributed by atoms with Crippen LogP contribution in [0.5, 0.6) is 0 Å². The molecule has 1 N–H and O–H groups in total. The number of aromatic nitrogens is 2. The third kappa shape index (κ3) is 5.12. The van der Waals surface area contributed by atoms with Crippen LogP contribution in [0.15, 0.2) is 60.9 Å². The highest BCUT2D eigenvalue weighted by atomic mass is 16.1. The summed E-state index contributed by atoms with van der Waals surface area (Å²) in [5.74, 6) is 0.940. The molecule has 0 aliphatic carbocycles. The minimum absolute atomic E-state index is 0.0449. The zero-order valence-corrected chi connectivity index (χ0v) is 17.0. The molecule has 0 unspecified atom stereocenters. The maximum absolute atomic E-state index is 12.5. The minimum Gasteiger partial charge on any atom is -0.348 e. The van der Waals surface area contributed by atoms with Crippen molar-refractivity contribution in [3.05, 3.63) is 89.0 Å². The Kier molecular flexibility index (Phi) is 6.06. The summed E-state index contributed by atoms with van der Waals surface area (Å²) < 4.78 is 2.09. The highest BCUT2D eigenvalue weighted by Gasteiger charge is 2.11. The van der Waals surface area contributed by atoms with Crippen molar-refractivity contribution in [1.82, 2.24) is 19.8 Å². The lowest BCUT2D eigenvalue weighted by molar-refractivity contribution is 0.0951. The number of hydrogen-bond acceptors (Lipinski definition) is 3. The minimum atomic E-state index is -0.0449. The smallest absolute Gasteiger partial charge is 0.251 e. The van der Waals surface area contributed by atoms with Crippen molar-refractivity contribution in [2.45, 2.75) is 39.4 Å². The van der Waals surface area contributed by atoms with E-state index in [1.807, 2.05) is 37.4 Å². The molecule has 1 amide bonds. The molecule has 29 heavy (non-hydrogen) atoms. The van der Waals surface area contributed by atoms with Crippen molar-refractivity contribution in [3.8, 4) is 0 Å². The van der Waals surface area contributed by atoms with Gasteiger partial charge in [-0.25, -0.2) is 4.98 Å². The van der Waals surface area contributed by atoms with Gasteiger partial charge in [0.2, 0.25) is 0 Å². The zero-order chi connectivity index (χ0) is 20.1. The summed E-state index contributed by atoms with van der Waals surface area (Å²) in [7, 11) is 0. The Balaban J connectivity index is 1.28. The first-order chi connectivity index (χ1) is 14.2. The Morgan fingerprint density at radius 1 is 0.931 bits per heavy atom. The second-order valence-electron chi connectivity index (χ2n) is 7.78. The standard InChI is InChI=1S/C24H28N4O/c1-19-25-12-15-28(19)18-22-8-10-23(11-9-22)24(29)26-16-20-4-6-21(7-5-20)17-27-13-2-3-14-27/h4-12,15H,2-3,13-14,16-18H2,1H3,(H,26,29). The second-order valence-corrected chi connectivity index (χ2v) is 7.78. The highest BCUT2D eigenvalue weighted by molar-refractivity contribution is 5.94. The summed E-state index contributed by atoms with van der Waals surface area (Å²) in [6, 6.07) is 16.3. The van der Waals surface area contributed by atoms with Gasteiger partial charge in [-0.05, 0) is 61.7 Å². The van der Waals surface area contributed by atoms with E-state index >= 15 is 0 Å². The molecule has 5 heteroatoms. The molecule has 0 saturated carbocycles. The molecule has 1 aromatic heterocycles. The molecule has 0 bridgehead atoms. The van der Waals surface area contributed by atoms with E-state index in [0.29, 0.717) is 12.1 Å². The topological polar surface area (TPSA) is 50.2 Å². The van der Waals surface area contributed by atoms with E-state index in [1.54, 1.807) is 6.20 Å². The second kappa shape index (κ2) is 9.05. The van der Waals surface area contributed by atoms with E-state index in [-0.39, 0.29) is 5.91 Å². The van der Waals surface area contributed by atoms with Crippen LogP contribution in [0.1, 0.15) is 45.7 Å². The summed E-state index contributed by atoms with van der Waals surface area (Å²) >= 11 is 0. The molecule has 1 fully saturated rings. The zero-order valence-electron chi connectivity index (χ0n) is 17.0. The third-order valence-corrected chi connectivity index (χ3v) is 5.57. The van der Waals surface area contributed by atoms with Crippen molar-refractivity contribution in [3.63, 3.8) is 0 Å². The van der Waals surface area contributed by atoms with Gasteiger partial charge >= 0.3 is 0 Å². The van der Waals surface area contributed by atoms with Crippen LogP contribution >= 0.6 is 0 Å². The van der Waals surface area contributed by atoms with E-state index in [1.165, 1.54) is 31.5 Å². The van der Waals surface area contributed by atoms with E-state index < -0.39 is 0 Å². The summed E-state index contributed by atoms with van der Waals surface area (Å²) in [4.78, 5) is 19.2. The lowest BCUT2D eigenvalue weighted by Gasteiger charge is -2.14. The number of carbonyl (C=O) groups is 1. The van der Waals surface area contributed by atoms with Gasteiger partial charge in [-0.2, -0.15) is 0 Å². The Labute approximate surface area is 172 Å². The number of benzene rings is 2. The number of hydrogen-bond donors (Lipinski definition) is 1. The number of rotatable bonds is 7. The van der Waals surface area contributed by atoms with E-state index in [4.69, 9.17) is 0 Å². The van der Waals surface area contributed by atoms with E-state index in [2.05, 4.69) is 44.0 Å². The highest BCUT2D eigenvalue weighted by Crippen LogP contribution is 2.14. The largest absolute Gasteiger partial charge is 0.348 e. The van der Waals surface area contributed by atoms with Crippen LogP contribution in [0.25, 0.3) is 0 Å². The number of imidazole rings is 1. The fourth-order valence-corrected chi connectivity index (χ4v) is 3.77. The third-order valence-electron chi connectivity index (χ3n) is 5.57. The normalized spacial score (nSPS) is 14.2. The Bertz CT molecular complexity index is 938. The van der Waals surface area contributed by atoms with Crippen LogP contribution in [-0.2, 0) is 19.6 Å². The summed E-state index contributed by atoms with van der Waals surface area (Å²) in [6.07, 6.45) is 6.39. The van der Waals surface area contributed by atoms with Gasteiger partial charge in [0.05, 0.1) is 0 Å². The number of nitrogens with zero attached hydrogens (tertiary/aromatic N) is 3. The van der Waals surface area contributed by atoms with Gasteiger partial charge in [0, 0.05) is 37.6 Å². The molecule has 0 radical (unpaired) electrons.